The summed E-state index contributed by atoms with van der Waals surface area (Å²) in [4.78, 5) is 72.3. The van der Waals surface area contributed by atoms with E-state index in [1.165, 1.54) is 167 Å². The molecule has 19 heteroatoms. The Bertz CT molecular complexity index is 1740. The van der Waals surface area contributed by atoms with Gasteiger partial charge < -0.3 is 33.8 Å². The highest BCUT2D eigenvalue weighted by atomic mass is 31.2. The molecule has 89 heavy (non-hydrogen) atoms. The molecule has 0 aromatic heterocycles. The van der Waals surface area contributed by atoms with Gasteiger partial charge in [-0.15, -0.1) is 0 Å². The number of rotatable bonds is 69. The van der Waals surface area contributed by atoms with E-state index in [2.05, 4.69) is 41.5 Å². The summed E-state index contributed by atoms with van der Waals surface area (Å²) in [6, 6.07) is 0. The summed E-state index contributed by atoms with van der Waals surface area (Å²) in [5.41, 5.74) is 0. The normalized spacial score (nSPS) is 14.4. The van der Waals surface area contributed by atoms with E-state index < -0.39 is 97.5 Å². The predicted molar refractivity (Wildman–Crippen MR) is 358 cm³/mol. The van der Waals surface area contributed by atoms with E-state index in [9.17, 15) is 43.2 Å². The van der Waals surface area contributed by atoms with E-state index in [1.54, 1.807) is 0 Å². The molecule has 3 N–H and O–H groups in total. The van der Waals surface area contributed by atoms with E-state index in [0.29, 0.717) is 25.7 Å². The van der Waals surface area contributed by atoms with Gasteiger partial charge in [0.05, 0.1) is 26.4 Å². The number of unbranched alkanes of at least 4 members (excludes halogenated alkanes) is 38. The molecule has 0 amide bonds. The number of aliphatic hydroxyl groups is 1. The first-order valence-corrected chi connectivity index (χ1v) is 39.5. The van der Waals surface area contributed by atoms with Crippen molar-refractivity contribution >= 4 is 39.5 Å². The summed E-state index contributed by atoms with van der Waals surface area (Å²) in [7, 11) is -9.89. The largest absolute Gasteiger partial charge is 0.472 e. The molecule has 17 nitrogen and oxygen atoms in total. The fourth-order valence-electron chi connectivity index (χ4n) is 10.6. The Kier molecular flexibility index (Phi) is 60.8. The summed E-state index contributed by atoms with van der Waals surface area (Å²) in [6.45, 7) is 9.51. The van der Waals surface area contributed by atoms with Gasteiger partial charge in [0.1, 0.15) is 19.3 Å². The summed E-state index contributed by atoms with van der Waals surface area (Å²) < 4.78 is 68.1. The minimum absolute atomic E-state index is 0.107. The third-order valence-electron chi connectivity index (χ3n) is 16.6. The molecule has 0 aliphatic rings. The van der Waals surface area contributed by atoms with Crippen LogP contribution in [-0.2, 0) is 65.4 Å². The van der Waals surface area contributed by atoms with Crippen LogP contribution in [0.15, 0.2) is 0 Å². The van der Waals surface area contributed by atoms with Gasteiger partial charge >= 0.3 is 39.5 Å². The third-order valence-corrected chi connectivity index (χ3v) is 18.5. The van der Waals surface area contributed by atoms with Crippen molar-refractivity contribution in [2.24, 2.45) is 11.8 Å². The topological polar surface area (TPSA) is 237 Å². The highest BCUT2D eigenvalue weighted by Gasteiger charge is 2.30. The number of ether oxygens (including phenoxy) is 4. The molecule has 0 rings (SSSR count). The van der Waals surface area contributed by atoms with Crippen LogP contribution in [0.1, 0.15) is 356 Å². The maximum Gasteiger partial charge on any atom is 0.472 e. The van der Waals surface area contributed by atoms with Crippen molar-refractivity contribution in [3.05, 3.63) is 0 Å². The smallest absolute Gasteiger partial charge is 0.462 e. The lowest BCUT2D eigenvalue weighted by Gasteiger charge is -2.21. The second kappa shape index (κ2) is 62.2. The highest BCUT2D eigenvalue weighted by Crippen LogP contribution is 2.45. The number of esters is 4. The van der Waals surface area contributed by atoms with Gasteiger partial charge in [-0.3, -0.25) is 37.3 Å². The molecule has 0 radical (unpaired) electrons. The van der Waals surface area contributed by atoms with E-state index in [0.717, 1.165) is 108 Å². The van der Waals surface area contributed by atoms with E-state index in [1.807, 2.05) is 0 Å². The van der Waals surface area contributed by atoms with Gasteiger partial charge in [-0.05, 0) is 37.5 Å². The SMILES string of the molecule is CCCCCCCCCCCCCCCCC(=O)O[C@H](COC(=O)CCCCCCC)COP(=O)(O)OC[C@H](O)COP(=O)(O)OC[C@@H](COC(=O)CCCCCCCCCCCCC(C)CC)OC(=O)CCCCCCCCCCCCCCCC(C)C. The number of hydrogen-bond donors (Lipinski definition) is 3. The zero-order valence-corrected chi connectivity index (χ0v) is 59.5. The molecule has 528 valence electrons. The lowest BCUT2D eigenvalue weighted by atomic mass is 9.99. The first-order chi connectivity index (χ1) is 42.9. The molecule has 0 aromatic carbocycles. The number of carbonyl (C=O) groups excluding carboxylic acids is 4. The Morgan fingerprint density at radius 3 is 0.854 bits per heavy atom. The van der Waals surface area contributed by atoms with Crippen molar-refractivity contribution < 1.29 is 80.2 Å². The number of hydrogen-bond acceptors (Lipinski definition) is 15. The molecule has 0 heterocycles. The van der Waals surface area contributed by atoms with E-state index in [4.69, 9.17) is 37.0 Å². The molecule has 0 saturated heterocycles. The van der Waals surface area contributed by atoms with Gasteiger partial charge in [0, 0.05) is 25.7 Å². The number of phosphoric acid groups is 2. The second-order valence-corrected chi connectivity index (χ2v) is 28.9. The van der Waals surface area contributed by atoms with Gasteiger partial charge in [-0.25, -0.2) is 9.13 Å². The number of phosphoric ester groups is 2. The van der Waals surface area contributed by atoms with Crippen LogP contribution < -0.4 is 0 Å². The molecule has 0 bridgehead atoms. The summed E-state index contributed by atoms with van der Waals surface area (Å²) >= 11 is 0. The van der Waals surface area contributed by atoms with Crippen molar-refractivity contribution in [1.82, 2.24) is 0 Å². The second-order valence-electron chi connectivity index (χ2n) is 26.0. The van der Waals surface area contributed by atoms with Crippen LogP contribution >= 0.6 is 15.6 Å². The van der Waals surface area contributed by atoms with Gasteiger partial charge in [0.2, 0.25) is 0 Å². The number of carbonyl (C=O) groups is 4. The van der Waals surface area contributed by atoms with Crippen LogP contribution in [0.25, 0.3) is 0 Å². The number of aliphatic hydroxyl groups excluding tert-OH is 1. The Labute approximate surface area is 543 Å². The summed E-state index contributed by atoms with van der Waals surface area (Å²) in [5, 5.41) is 10.6. The van der Waals surface area contributed by atoms with Gasteiger partial charge in [-0.1, -0.05) is 305 Å². The molecule has 0 spiro atoms. The summed E-state index contributed by atoms with van der Waals surface area (Å²) in [5.74, 6) is -0.537. The fraction of sp³-hybridized carbons (Fsp3) is 0.943. The molecule has 3 unspecified atom stereocenters. The fourth-order valence-corrected chi connectivity index (χ4v) is 12.1. The van der Waals surface area contributed by atoms with Crippen LogP contribution in [0.2, 0.25) is 0 Å². The first-order valence-electron chi connectivity index (χ1n) is 36.5. The van der Waals surface area contributed by atoms with Gasteiger partial charge in [0.25, 0.3) is 0 Å². The van der Waals surface area contributed by atoms with Crippen LogP contribution in [0, 0.1) is 11.8 Å². The predicted octanol–water partition coefficient (Wildman–Crippen LogP) is 20.0. The average molecular weight is 1310 g/mol. The van der Waals surface area contributed by atoms with Crippen molar-refractivity contribution in [3.63, 3.8) is 0 Å². The van der Waals surface area contributed by atoms with Crippen LogP contribution in [0.3, 0.4) is 0 Å². The third kappa shape index (κ3) is 63.2. The molecule has 0 aromatic rings. The molecule has 0 fully saturated rings. The first kappa shape index (κ1) is 87.1. The molecular formula is C70H136O17P2. The molecule has 6 atom stereocenters. The Morgan fingerprint density at radius 2 is 0.573 bits per heavy atom. The van der Waals surface area contributed by atoms with Crippen LogP contribution in [0.4, 0.5) is 0 Å². The zero-order chi connectivity index (χ0) is 65.7. The Hall–Kier alpha value is -1.94. The maximum absolute atomic E-state index is 13.0. The molecular weight excluding hydrogens is 1170 g/mol. The molecule has 0 aliphatic heterocycles. The molecule has 0 aliphatic carbocycles. The van der Waals surface area contributed by atoms with Crippen LogP contribution in [0.5, 0.6) is 0 Å². The highest BCUT2D eigenvalue weighted by molar-refractivity contribution is 7.47. The maximum atomic E-state index is 13.0. The Morgan fingerprint density at radius 1 is 0.326 bits per heavy atom. The van der Waals surface area contributed by atoms with Crippen molar-refractivity contribution in [3.8, 4) is 0 Å². The lowest BCUT2D eigenvalue weighted by Crippen LogP contribution is -2.30. The van der Waals surface area contributed by atoms with Crippen molar-refractivity contribution in [2.45, 2.75) is 374 Å². The zero-order valence-electron chi connectivity index (χ0n) is 57.7. The van der Waals surface area contributed by atoms with Crippen LogP contribution in [-0.4, -0.2) is 96.7 Å². The van der Waals surface area contributed by atoms with Gasteiger partial charge in [0.15, 0.2) is 12.2 Å². The monoisotopic (exact) mass is 1310 g/mol. The van der Waals surface area contributed by atoms with Crippen molar-refractivity contribution in [2.75, 3.05) is 39.6 Å². The molecule has 0 saturated carbocycles. The average Bonchev–Trinajstić information content (AvgIpc) is 3.58. The lowest BCUT2D eigenvalue weighted by molar-refractivity contribution is -0.161. The Balaban J connectivity index is 5.17. The minimum atomic E-state index is -4.95. The van der Waals surface area contributed by atoms with Gasteiger partial charge in [-0.2, -0.15) is 0 Å². The quantitative estimate of drug-likeness (QED) is 0.0222. The summed E-state index contributed by atoms with van der Waals surface area (Å²) in [6.07, 6.45) is 47.4. The van der Waals surface area contributed by atoms with E-state index in [-0.39, 0.29) is 25.7 Å². The van der Waals surface area contributed by atoms with Crippen molar-refractivity contribution in [1.29, 1.82) is 0 Å². The standard InChI is InChI=1S/C70H136O17P2/c1-7-10-12-14-15-16-17-18-21-24-31-36-42-48-54-69(74)86-65(58-80-67(72)52-46-38-13-11-8-2)60-84-88(76,77)82-56-64(71)57-83-89(78,79)85-61-66(59-81-68(73)53-47-41-35-30-27-26-29-34-40-45-51-63(6)9-3)87-70(75)55-49-43-37-32-25-22-19-20-23-28-33-39-44-50-62(4)5/h62-66,71H,7-61H2,1-6H3,(H,76,77)(H,78,79)/t63?,64-,65+,66+/m0/s1. The van der Waals surface area contributed by atoms with E-state index >= 15 is 0 Å². The minimum Gasteiger partial charge on any atom is -0.462 e.